The number of rotatable bonds is 3. The third kappa shape index (κ3) is 2.66. The second-order valence-electron chi connectivity index (χ2n) is 5.27. The van der Waals surface area contributed by atoms with Gasteiger partial charge in [0.25, 0.3) is 5.91 Å². The first-order chi connectivity index (χ1) is 8.61. The lowest BCUT2D eigenvalue weighted by atomic mass is 10.0. The van der Waals surface area contributed by atoms with Gasteiger partial charge in [0.1, 0.15) is 0 Å². The summed E-state index contributed by atoms with van der Waals surface area (Å²) in [5, 5.41) is 0. The Bertz CT molecular complexity index is 442. The van der Waals surface area contributed by atoms with Crippen molar-refractivity contribution >= 4 is 11.6 Å². The Morgan fingerprint density at radius 1 is 1.50 bits per heavy atom. The second kappa shape index (κ2) is 5.42. The molecule has 1 heterocycles. The molecule has 0 aromatic heterocycles. The minimum Gasteiger partial charge on any atom is -0.399 e. The van der Waals surface area contributed by atoms with Crippen molar-refractivity contribution in [1.29, 1.82) is 0 Å². The minimum atomic E-state index is 0.137. The topological polar surface area (TPSA) is 46.3 Å². The van der Waals surface area contributed by atoms with Gasteiger partial charge in [-0.3, -0.25) is 4.79 Å². The lowest BCUT2D eigenvalue weighted by Gasteiger charge is -2.18. The second-order valence-corrected chi connectivity index (χ2v) is 5.27. The fraction of sp³-hybridized carbons (Fsp3) is 0.533. The molecular formula is C15H22N2O. The highest BCUT2D eigenvalue weighted by Crippen LogP contribution is 2.24. The van der Waals surface area contributed by atoms with Gasteiger partial charge in [0.15, 0.2) is 0 Å². The van der Waals surface area contributed by atoms with Gasteiger partial charge in [0, 0.05) is 24.3 Å². The van der Waals surface area contributed by atoms with Crippen LogP contribution in [0.5, 0.6) is 0 Å². The average molecular weight is 246 g/mol. The Balaban J connectivity index is 2.10. The van der Waals surface area contributed by atoms with E-state index in [1.165, 1.54) is 12.8 Å². The maximum atomic E-state index is 12.4. The molecule has 1 aliphatic heterocycles. The number of hydrogen-bond donors (Lipinski definition) is 1. The summed E-state index contributed by atoms with van der Waals surface area (Å²) >= 11 is 0. The molecule has 3 heteroatoms. The van der Waals surface area contributed by atoms with Gasteiger partial charge in [0.2, 0.25) is 0 Å². The summed E-state index contributed by atoms with van der Waals surface area (Å²) in [6.07, 6.45) is 3.56. The molecule has 1 amide bonds. The highest BCUT2D eigenvalue weighted by Gasteiger charge is 2.26. The van der Waals surface area contributed by atoms with Gasteiger partial charge in [-0.25, -0.2) is 0 Å². The van der Waals surface area contributed by atoms with Crippen molar-refractivity contribution in [2.24, 2.45) is 5.92 Å². The van der Waals surface area contributed by atoms with E-state index in [9.17, 15) is 4.79 Å². The maximum absolute atomic E-state index is 12.4. The minimum absolute atomic E-state index is 0.137. The molecule has 0 radical (unpaired) electrons. The number of likely N-dealkylation sites (tertiary alicyclic amines) is 1. The Morgan fingerprint density at radius 2 is 2.28 bits per heavy atom. The van der Waals surface area contributed by atoms with Crippen molar-refractivity contribution in [3.8, 4) is 0 Å². The number of carbonyl (C=O) groups is 1. The number of hydrogen-bond acceptors (Lipinski definition) is 2. The van der Waals surface area contributed by atoms with E-state index >= 15 is 0 Å². The van der Waals surface area contributed by atoms with E-state index in [-0.39, 0.29) is 5.91 Å². The number of nitrogens with two attached hydrogens (primary N) is 1. The summed E-state index contributed by atoms with van der Waals surface area (Å²) in [5.74, 6) is 0.818. The third-order valence-electron chi connectivity index (χ3n) is 3.76. The lowest BCUT2D eigenvalue weighted by Crippen LogP contribution is -2.29. The van der Waals surface area contributed by atoms with Gasteiger partial charge in [-0.1, -0.05) is 19.4 Å². The number of nitrogens with zero attached hydrogens (tertiary/aromatic N) is 1. The SMILES string of the molecule is CCCC1CCN(C(=O)c2cc(N)ccc2C)C1. The van der Waals surface area contributed by atoms with Crippen molar-refractivity contribution in [2.75, 3.05) is 18.8 Å². The van der Waals surface area contributed by atoms with E-state index in [4.69, 9.17) is 5.73 Å². The van der Waals surface area contributed by atoms with Gasteiger partial charge in [-0.15, -0.1) is 0 Å². The van der Waals surface area contributed by atoms with Crippen LogP contribution in [0, 0.1) is 12.8 Å². The molecular weight excluding hydrogens is 224 g/mol. The Labute approximate surface area is 109 Å². The highest BCUT2D eigenvalue weighted by molar-refractivity contribution is 5.96. The van der Waals surface area contributed by atoms with Gasteiger partial charge in [-0.05, 0) is 43.4 Å². The van der Waals surface area contributed by atoms with Crippen LogP contribution < -0.4 is 5.73 Å². The molecule has 1 fully saturated rings. The van der Waals surface area contributed by atoms with Crippen LogP contribution in [0.2, 0.25) is 0 Å². The van der Waals surface area contributed by atoms with Crippen LogP contribution in [0.15, 0.2) is 18.2 Å². The van der Waals surface area contributed by atoms with E-state index in [0.717, 1.165) is 30.6 Å². The fourth-order valence-corrected chi connectivity index (χ4v) is 2.70. The van der Waals surface area contributed by atoms with Crippen LogP contribution in [0.4, 0.5) is 5.69 Å². The molecule has 2 rings (SSSR count). The third-order valence-corrected chi connectivity index (χ3v) is 3.76. The summed E-state index contributed by atoms with van der Waals surface area (Å²) in [5.41, 5.74) is 8.19. The van der Waals surface area contributed by atoms with Crippen molar-refractivity contribution in [3.63, 3.8) is 0 Å². The van der Waals surface area contributed by atoms with Crippen LogP contribution >= 0.6 is 0 Å². The molecule has 2 N–H and O–H groups in total. The molecule has 0 bridgehead atoms. The van der Waals surface area contributed by atoms with E-state index in [0.29, 0.717) is 11.6 Å². The molecule has 98 valence electrons. The standard InChI is InChI=1S/C15H22N2O/c1-3-4-12-7-8-17(10-12)15(18)14-9-13(16)6-5-11(14)2/h5-6,9,12H,3-4,7-8,10,16H2,1-2H3. The molecule has 3 nitrogen and oxygen atoms in total. The number of carbonyl (C=O) groups excluding carboxylic acids is 1. The largest absolute Gasteiger partial charge is 0.399 e. The summed E-state index contributed by atoms with van der Waals surface area (Å²) in [4.78, 5) is 14.4. The van der Waals surface area contributed by atoms with E-state index in [2.05, 4.69) is 6.92 Å². The van der Waals surface area contributed by atoms with Crippen LogP contribution in [0.25, 0.3) is 0 Å². The Morgan fingerprint density at radius 3 is 3.00 bits per heavy atom. The van der Waals surface area contributed by atoms with Crippen LogP contribution in [-0.2, 0) is 0 Å². The predicted octanol–water partition coefficient (Wildman–Crippen LogP) is 2.84. The first-order valence-corrected chi connectivity index (χ1v) is 6.77. The van der Waals surface area contributed by atoms with Gasteiger partial charge < -0.3 is 10.6 Å². The number of benzene rings is 1. The van der Waals surface area contributed by atoms with Crippen molar-refractivity contribution in [2.45, 2.75) is 33.1 Å². The summed E-state index contributed by atoms with van der Waals surface area (Å²) in [6, 6.07) is 5.56. The first kappa shape index (κ1) is 12.9. The zero-order valence-corrected chi connectivity index (χ0v) is 11.3. The lowest BCUT2D eigenvalue weighted by molar-refractivity contribution is 0.0786. The van der Waals surface area contributed by atoms with Gasteiger partial charge >= 0.3 is 0 Å². The number of aryl methyl sites for hydroxylation is 1. The molecule has 1 unspecified atom stereocenters. The predicted molar refractivity (Wildman–Crippen MR) is 74.5 cm³/mol. The smallest absolute Gasteiger partial charge is 0.254 e. The van der Waals surface area contributed by atoms with Crippen LogP contribution in [0.1, 0.15) is 42.1 Å². The molecule has 1 aliphatic rings. The van der Waals surface area contributed by atoms with Crippen molar-refractivity contribution < 1.29 is 4.79 Å². The molecule has 1 aromatic rings. The summed E-state index contributed by atoms with van der Waals surface area (Å²) in [7, 11) is 0. The van der Waals surface area contributed by atoms with Gasteiger partial charge in [0.05, 0.1) is 0 Å². The first-order valence-electron chi connectivity index (χ1n) is 6.77. The number of nitrogen functional groups attached to an aromatic ring is 1. The Hall–Kier alpha value is -1.51. The van der Waals surface area contributed by atoms with Crippen LogP contribution in [0.3, 0.4) is 0 Å². The van der Waals surface area contributed by atoms with E-state index in [1.807, 2.05) is 24.0 Å². The molecule has 1 saturated heterocycles. The zero-order valence-electron chi connectivity index (χ0n) is 11.3. The van der Waals surface area contributed by atoms with Crippen molar-refractivity contribution in [1.82, 2.24) is 4.90 Å². The Kier molecular flexibility index (Phi) is 3.90. The van der Waals surface area contributed by atoms with Crippen LogP contribution in [-0.4, -0.2) is 23.9 Å². The normalized spacial score (nSPS) is 19.2. The monoisotopic (exact) mass is 246 g/mol. The summed E-state index contributed by atoms with van der Waals surface area (Å²) in [6.45, 7) is 5.96. The van der Waals surface area contributed by atoms with E-state index < -0.39 is 0 Å². The molecule has 18 heavy (non-hydrogen) atoms. The molecule has 1 atom stereocenters. The average Bonchev–Trinajstić information content (AvgIpc) is 2.80. The fourth-order valence-electron chi connectivity index (χ4n) is 2.70. The van der Waals surface area contributed by atoms with Gasteiger partial charge in [-0.2, -0.15) is 0 Å². The quantitative estimate of drug-likeness (QED) is 0.834. The molecule has 0 aliphatic carbocycles. The maximum Gasteiger partial charge on any atom is 0.254 e. The molecule has 0 saturated carbocycles. The zero-order chi connectivity index (χ0) is 13.1. The number of amides is 1. The van der Waals surface area contributed by atoms with E-state index in [1.54, 1.807) is 6.07 Å². The molecule has 0 spiro atoms. The number of anilines is 1. The molecule has 1 aromatic carbocycles. The summed E-state index contributed by atoms with van der Waals surface area (Å²) < 4.78 is 0. The highest BCUT2D eigenvalue weighted by atomic mass is 16.2. The van der Waals surface area contributed by atoms with Crippen molar-refractivity contribution in [3.05, 3.63) is 29.3 Å².